The Morgan fingerprint density at radius 2 is 2.11 bits per heavy atom. The highest BCUT2D eigenvalue weighted by Gasteiger charge is 2.24. The molecule has 1 saturated carbocycles. The van der Waals surface area contributed by atoms with E-state index in [1.165, 1.54) is 19.2 Å². The molecule has 1 fully saturated rings. The first-order valence-corrected chi connectivity index (χ1v) is 7.87. The summed E-state index contributed by atoms with van der Waals surface area (Å²) in [5.74, 6) is -0.685. The zero-order valence-corrected chi connectivity index (χ0v) is 12.0. The van der Waals surface area contributed by atoms with Crippen molar-refractivity contribution in [3.63, 3.8) is 0 Å². The lowest BCUT2D eigenvalue weighted by atomic mass is 10.2. The van der Waals surface area contributed by atoms with E-state index in [9.17, 15) is 12.8 Å². The van der Waals surface area contributed by atoms with Crippen LogP contribution < -0.4 is 5.32 Å². The highest BCUT2D eigenvalue weighted by Crippen LogP contribution is 2.22. The summed E-state index contributed by atoms with van der Waals surface area (Å²) in [6.45, 7) is 2.60. The summed E-state index contributed by atoms with van der Waals surface area (Å²) in [6.07, 6.45) is 2.33. The van der Waals surface area contributed by atoms with Crippen LogP contribution in [0, 0.1) is 5.82 Å². The van der Waals surface area contributed by atoms with Crippen LogP contribution in [0.15, 0.2) is 23.1 Å². The molecular weight excluding hydrogens is 267 g/mol. The maximum Gasteiger partial charge on any atom is 0.245 e. The summed E-state index contributed by atoms with van der Waals surface area (Å²) < 4.78 is 39.2. The number of nitrogens with one attached hydrogen (secondary N) is 1. The van der Waals surface area contributed by atoms with E-state index in [0.717, 1.165) is 22.7 Å². The fourth-order valence-corrected chi connectivity index (χ4v) is 2.97. The molecule has 0 radical (unpaired) electrons. The van der Waals surface area contributed by atoms with Crippen molar-refractivity contribution in [2.24, 2.45) is 0 Å². The van der Waals surface area contributed by atoms with Gasteiger partial charge in [-0.3, -0.25) is 0 Å². The third-order valence-corrected chi connectivity index (χ3v) is 5.27. The standard InChI is InChI=1S/C13H19FN2O2S/c1-3-16(2)19(17,18)13-7-4-10(8-12(13)14)9-15-11-5-6-11/h4,7-8,11,15H,3,5-6,9H2,1-2H3. The Morgan fingerprint density at radius 1 is 1.42 bits per heavy atom. The molecule has 1 aromatic carbocycles. The molecule has 0 amide bonds. The molecule has 6 heteroatoms. The normalized spacial score (nSPS) is 16.0. The second-order valence-corrected chi connectivity index (χ2v) is 6.85. The molecule has 0 heterocycles. The molecule has 0 saturated heterocycles. The molecule has 0 unspecified atom stereocenters. The Hall–Kier alpha value is -0.980. The van der Waals surface area contributed by atoms with Gasteiger partial charge in [-0.1, -0.05) is 13.0 Å². The summed E-state index contributed by atoms with van der Waals surface area (Å²) in [5.41, 5.74) is 0.766. The zero-order chi connectivity index (χ0) is 14.0. The van der Waals surface area contributed by atoms with Crippen LogP contribution in [0.1, 0.15) is 25.3 Å². The lowest BCUT2D eigenvalue weighted by Crippen LogP contribution is -2.27. The number of nitrogens with zero attached hydrogens (tertiary/aromatic N) is 1. The smallest absolute Gasteiger partial charge is 0.245 e. The van der Waals surface area contributed by atoms with Crippen LogP contribution in [0.5, 0.6) is 0 Å². The summed E-state index contributed by atoms with van der Waals surface area (Å²) in [6, 6.07) is 4.85. The van der Waals surface area contributed by atoms with Gasteiger partial charge in [0.15, 0.2) is 0 Å². The molecule has 0 bridgehead atoms. The van der Waals surface area contributed by atoms with Crippen LogP contribution in [-0.2, 0) is 16.6 Å². The molecule has 1 N–H and O–H groups in total. The molecule has 1 aliphatic rings. The number of rotatable bonds is 6. The van der Waals surface area contributed by atoms with E-state index in [-0.39, 0.29) is 4.90 Å². The Bertz CT molecular complexity index is 556. The van der Waals surface area contributed by atoms with Crippen LogP contribution in [0.2, 0.25) is 0 Å². The van der Waals surface area contributed by atoms with Crippen molar-refractivity contribution in [2.75, 3.05) is 13.6 Å². The van der Waals surface area contributed by atoms with E-state index < -0.39 is 15.8 Å². The van der Waals surface area contributed by atoms with Crippen molar-refractivity contribution < 1.29 is 12.8 Å². The van der Waals surface area contributed by atoms with Crippen molar-refractivity contribution in [2.45, 2.75) is 37.2 Å². The van der Waals surface area contributed by atoms with E-state index in [4.69, 9.17) is 0 Å². The molecule has 0 aliphatic heterocycles. The summed E-state index contributed by atoms with van der Waals surface area (Å²) in [5, 5.41) is 3.27. The Labute approximate surface area is 113 Å². The van der Waals surface area contributed by atoms with Gasteiger partial charge in [0.25, 0.3) is 0 Å². The van der Waals surface area contributed by atoms with Crippen LogP contribution in [0.3, 0.4) is 0 Å². The van der Waals surface area contributed by atoms with Gasteiger partial charge < -0.3 is 5.32 Å². The number of sulfonamides is 1. The second kappa shape index (κ2) is 5.56. The van der Waals surface area contributed by atoms with Gasteiger partial charge in [-0.25, -0.2) is 17.1 Å². The first-order chi connectivity index (χ1) is 8.95. The largest absolute Gasteiger partial charge is 0.310 e. The molecule has 2 rings (SSSR count). The molecule has 106 valence electrons. The molecule has 0 atom stereocenters. The first-order valence-electron chi connectivity index (χ1n) is 6.43. The van der Waals surface area contributed by atoms with Crippen LogP contribution in [0.4, 0.5) is 4.39 Å². The van der Waals surface area contributed by atoms with Crippen LogP contribution in [0.25, 0.3) is 0 Å². The van der Waals surface area contributed by atoms with E-state index in [2.05, 4.69) is 5.32 Å². The number of hydrogen-bond acceptors (Lipinski definition) is 3. The maximum atomic E-state index is 13.9. The van der Waals surface area contributed by atoms with Crippen molar-refractivity contribution in [3.05, 3.63) is 29.6 Å². The van der Waals surface area contributed by atoms with Gasteiger partial charge in [0.2, 0.25) is 10.0 Å². The summed E-state index contributed by atoms with van der Waals surface area (Å²) in [4.78, 5) is -0.257. The molecule has 19 heavy (non-hydrogen) atoms. The van der Waals surface area contributed by atoms with Gasteiger partial charge >= 0.3 is 0 Å². The Balaban J connectivity index is 2.18. The second-order valence-electron chi connectivity index (χ2n) is 4.84. The zero-order valence-electron chi connectivity index (χ0n) is 11.2. The molecular formula is C13H19FN2O2S. The highest BCUT2D eigenvalue weighted by molar-refractivity contribution is 7.89. The summed E-state index contributed by atoms with van der Waals surface area (Å²) >= 11 is 0. The van der Waals surface area contributed by atoms with Gasteiger partial charge in [-0.05, 0) is 30.5 Å². The Kier molecular flexibility index (Phi) is 4.23. The minimum Gasteiger partial charge on any atom is -0.310 e. The van der Waals surface area contributed by atoms with E-state index >= 15 is 0 Å². The number of benzene rings is 1. The highest BCUT2D eigenvalue weighted by atomic mass is 32.2. The predicted octanol–water partition coefficient (Wildman–Crippen LogP) is 1.72. The van der Waals surface area contributed by atoms with Crippen molar-refractivity contribution in [1.29, 1.82) is 0 Å². The molecule has 4 nitrogen and oxygen atoms in total. The van der Waals surface area contributed by atoms with Gasteiger partial charge in [0, 0.05) is 26.2 Å². The Morgan fingerprint density at radius 3 is 2.63 bits per heavy atom. The van der Waals surface area contributed by atoms with Crippen molar-refractivity contribution >= 4 is 10.0 Å². The number of hydrogen-bond donors (Lipinski definition) is 1. The number of halogens is 1. The fraction of sp³-hybridized carbons (Fsp3) is 0.538. The minimum absolute atomic E-state index is 0.257. The maximum absolute atomic E-state index is 13.9. The molecule has 1 aliphatic carbocycles. The topological polar surface area (TPSA) is 49.4 Å². The van der Waals surface area contributed by atoms with Gasteiger partial charge in [0.1, 0.15) is 10.7 Å². The third-order valence-electron chi connectivity index (χ3n) is 3.30. The quantitative estimate of drug-likeness (QED) is 0.866. The molecule has 1 aromatic rings. The minimum atomic E-state index is -3.72. The third kappa shape index (κ3) is 3.32. The van der Waals surface area contributed by atoms with Crippen molar-refractivity contribution in [3.8, 4) is 0 Å². The average Bonchev–Trinajstić information content (AvgIpc) is 3.19. The van der Waals surface area contributed by atoms with E-state index in [1.54, 1.807) is 13.0 Å². The lowest BCUT2D eigenvalue weighted by Gasteiger charge is -2.15. The molecule has 0 aromatic heterocycles. The lowest BCUT2D eigenvalue weighted by molar-refractivity contribution is 0.477. The fourth-order valence-electron chi connectivity index (χ4n) is 1.75. The molecule has 0 spiro atoms. The van der Waals surface area contributed by atoms with Gasteiger partial charge in [-0.15, -0.1) is 0 Å². The predicted molar refractivity (Wildman–Crippen MR) is 71.8 cm³/mol. The van der Waals surface area contributed by atoms with Gasteiger partial charge in [-0.2, -0.15) is 0 Å². The van der Waals surface area contributed by atoms with Crippen LogP contribution in [-0.4, -0.2) is 32.4 Å². The van der Waals surface area contributed by atoms with E-state index in [0.29, 0.717) is 19.1 Å². The van der Waals surface area contributed by atoms with Crippen LogP contribution >= 0.6 is 0 Å². The van der Waals surface area contributed by atoms with Gasteiger partial charge in [0.05, 0.1) is 0 Å². The SMILES string of the molecule is CCN(C)S(=O)(=O)c1ccc(CNC2CC2)cc1F. The monoisotopic (exact) mass is 286 g/mol. The average molecular weight is 286 g/mol. The summed E-state index contributed by atoms with van der Waals surface area (Å²) in [7, 11) is -2.28. The first kappa shape index (κ1) is 14.4. The van der Waals surface area contributed by atoms with E-state index in [1.807, 2.05) is 0 Å². The van der Waals surface area contributed by atoms with Crippen molar-refractivity contribution in [1.82, 2.24) is 9.62 Å².